The molecule has 48 heavy (non-hydrogen) atoms. The summed E-state index contributed by atoms with van der Waals surface area (Å²) in [6, 6.07) is 28.9. The van der Waals surface area contributed by atoms with Crippen LogP contribution in [0.2, 0.25) is 5.02 Å². The summed E-state index contributed by atoms with van der Waals surface area (Å²) in [5.41, 5.74) is 2.70. The number of halogens is 1. The van der Waals surface area contributed by atoms with Crippen molar-refractivity contribution >= 4 is 39.1 Å². The molecule has 5 rings (SSSR count). The van der Waals surface area contributed by atoms with E-state index in [-0.39, 0.29) is 35.5 Å². The Bertz CT molecular complexity index is 1790. The summed E-state index contributed by atoms with van der Waals surface area (Å²) < 4.78 is 35.3. The number of aryl methyl sites for hydroxylation is 1. The number of amides is 2. The van der Waals surface area contributed by atoms with E-state index in [2.05, 4.69) is 5.32 Å². The van der Waals surface area contributed by atoms with Crippen LogP contribution in [0.5, 0.6) is 5.75 Å². The van der Waals surface area contributed by atoms with Crippen molar-refractivity contribution < 1.29 is 22.7 Å². The number of para-hydroxylation sites is 2. The maximum atomic E-state index is 14.7. The normalized spacial score (nSPS) is 14.1. The second-order valence-corrected chi connectivity index (χ2v) is 14.5. The van der Waals surface area contributed by atoms with Crippen molar-refractivity contribution in [1.29, 1.82) is 0 Å². The fraction of sp³-hybridized carbons (Fsp3) is 0.316. The van der Waals surface area contributed by atoms with Gasteiger partial charge >= 0.3 is 0 Å². The summed E-state index contributed by atoms with van der Waals surface area (Å²) in [5.74, 6) is -0.527. The molecular weight excluding hydrogens is 646 g/mol. The van der Waals surface area contributed by atoms with E-state index >= 15 is 0 Å². The predicted octanol–water partition coefficient (Wildman–Crippen LogP) is 6.94. The predicted molar refractivity (Wildman–Crippen MR) is 190 cm³/mol. The lowest BCUT2D eigenvalue weighted by atomic mass is 9.94. The monoisotopic (exact) mass is 687 g/mol. The average Bonchev–Trinajstić information content (AvgIpc) is 3.09. The first-order valence-corrected chi connectivity index (χ1v) is 18.1. The minimum atomic E-state index is -4.25. The van der Waals surface area contributed by atoms with Crippen LogP contribution < -0.4 is 14.4 Å². The van der Waals surface area contributed by atoms with E-state index in [0.717, 1.165) is 47.5 Å². The van der Waals surface area contributed by atoms with Gasteiger partial charge < -0.3 is 15.0 Å². The van der Waals surface area contributed by atoms with E-state index in [1.165, 1.54) is 24.1 Å². The largest absolute Gasteiger partial charge is 0.495 e. The van der Waals surface area contributed by atoms with Crippen LogP contribution in [-0.2, 0) is 32.6 Å². The number of hydrogen-bond donors (Lipinski definition) is 1. The highest BCUT2D eigenvalue weighted by atomic mass is 35.5. The fourth-order valence-corrected chi connectivity index (χ4v) is 7.75. The number of methoxy groups -OCH3 is 1. The Kier molecular flexibility index (Phi) is 11.8. The average molecular weight is 688 g/mol. The topological polar surface area (TPSA) is 96.0 Å². The number of hydrogen-bond acceptors (Lipinski definition) is 5. The molecule has 0 unspecified atom stereocenters. The van der Waals surface area contributed by atoms with Crippen LogP contribution in [0.4, 0.5) is 5.69 Å². The van der Waals surface area contributed by atoms with Gasteiger partial charge in [0.2, 0.25) is 11.8 Å². The summed E-state index contributed by atoms with van der Waals surface area (Å²) in [6.07, 6.45) is 5.19. The van der Waals surface area contributed by atoms with Crippen LogP contribution in [0.15, 0.2) is 108 Å². The molecule has 2 amide bonds. The third-order valence-corrected chi connectivity index (χ3v) is 10.7. The molecule has 0 aliphatic heterocycles. The molecule has 1 saturated carbocycles. The Hall–Kier alpha value is -4.34. The lowest BCUT2D eigenvalue weighted by Crippen LogP contribution is -2.55. The molecule has 0 saturated heterocycles. The molecule has 4 aromatic carbocycles. The lowest BCUT2D eigenvalue weighted by Gasteiger charge is -2.35. The summed E-state index contributed by atoms with van der Waals surface area (Å²) >= 11 is 6.36. The SMILES string of the molecule is COc1ccccc1N(CC(=O)N(Cc1cccc(Cl)c1)[C@H](Cc1ccccc1)C(=O)NC1CCCCC1)S(=O)(=O)c1ccc(C)cc1. The van der Waals surface area contributed by atoms with Crippen LogP contribution in [-0.4, -0.2) is 50.9 Å². The van der Waals surface area contributed by atoms with E-state index in [4.69, 9.17) is 16.3 Å². The molecule has 1 aliphatic carbocycles. The number of benzene rings is 4. The number of carbonyl (C=O) groups is 2. The highest BCUT2D eigenvalue weighted by Gasteiger charge is 2.36. The molecule has 8 nitrogen and oxygen atoms in total. The molecule has 1 atom stereocenters. The van der Waals surface area contributed by atoms with Crippen LogP contribution in [0.25, 0.3) is 0 Å². The Morgan fingerprint density at radius 2 is 1.54 bits per heavy atom. The Morgan fingerprint density at radius 3 is 2.23 bits per heavy atom. The van der Waals surface area contributed by atoms with Crippen molar-refractivity contribution in [3.63, 3.8) is 0 Å². The zero-order chi connectivity index (χ0) is 34.1. The van der Waals surface area contributed by atoms with Crippen molar-refractivity contribution in [3.05, 3.63) is 125 Å². The van der Waals surface area contributed by atoms with Gasteiger partial charge in [-0.15, -0.1) is 0 Å². The molecule has 0 spiro atoms. The van der Waals surface area contributed by atoms with Crippen molar-refractivity contribution in [3.8, 4) is 5.75 Å². The summed E-state index contributed by atoms with van der Waals surface area (Å²) in [6.45, 7) is 1.34. The third-order valence-electron chi connectivity index (χ3n) is 8.71. The molecule has 1 aliphatic rings. The van der Waals surface area contributed by atoms with Crippen molar-refractivity contribution in [2.24, 2.45) is 0 Å². The zero-order valence-corrected chi connectivity index (χ0v) is 28.9. The first-order valence-electron chi connectivity index (χ1n) is 16.3. The molecule has 1 fully saturated rings. The fourth-order valence-electron chi connectivity index (χ4n) is 6.12. The highest BCUT2D eigenvalue weighted by Crippen LogP contribution is 2.33. The molecule has 0 aromatic heterocycles. The van der Waals surface area contributed by atoms with Gasteiger partial charge in [0, 0.05) is 24.0 Å². The van der Waals surface area contributed by atoms with E-state index in [9.17, 15) is 18.0 Å². The van der Waals surface area contributed by atoms with Crippen LogP contribution in [0.1, 0.15) is 48.8 Å². The van der Waals surface area contributed by atoms with Crippen molar-refractivity contribution in [1.82, 2.24) is 10.2 Å². The quantitative estimate of drug-likeness (QED) is 0.164. The second kappa shape index (κ2) is 16.2. The van der Waals surface area contributed by atoms with Gasteiger partial charge in [-0.1, -0.05) is 103 Å². The van der Waals surface area contributed by atoms with Gasteiger partial charge in [0.15, 0.2) is 0 Å². The standard InChI is InChI=1S/C38H42ClN3O5S/c1-28-20-22-33(23-21-28)48(45,46)42(34-18-9-10-19-36(34)47-2)27-37(43)41(26-30-14-11-15-31(39)24-30)35(25-29-12-5-3-6-13-29)38(44)40-32-16-7-4-8-17-32/h3,5-6,9-15,18-24,32,35H,4,7-8,16-17,25-27H2,1-2H3,(H,40,44)/t35-/m1/s1. The Morgan fingerprint density at radius 1 is 0.875 bits per heavy atom. The minimum Gasteiger partial charge on any atom is -0.495 e. The lowest BCUT2D eigenvalue weighted by molar-refractivity contribution is -0.140. The molecule has 10 heteroatoms. The van der Waals surface area contributed by atoms with Crippen LogP contribution in [0.3, 0.4) is 0 Å². The van der Waals surface area contributed by atoms with Gasteiger partial charge in [-0.05, 0) is 67.3 Å². The number of nitrogens with one attached hydrogen (secondary N) is 1. The number of carbonyl (C=O) groups excluding carboxylic acids is 2. The van der Waals surface area contributed by atoms with E-state index in [1.54, 1.807) is 54.6 Å². The van der Waals surface area contributed by atoms with E-state index < -0.39 is 28.5 Å². The minimum absolute atomic E-state index is 0.0136. The number of anilines is 1. The molecule has 4 aromatic rings. The molecular formula is C38H42ClN3O5S. The highest BCUT2D eigenvalue weighted by molar-refractivity contribution is 7.92. The van der Waals surface area contributed by atoms with Gasteiger partial charge in [-0.2, -0.15) is 0 Å². The van der Waals surface area contributed by atoms with Gasteiger partial charge in [0.25, 0.3) is 10.0 Å². The Balaban J connectivity index is 1.58. The van der Waals surface area contributed by atoms with Crippen LogP contribution >= 0.6 is 11.6 Å². The second-order valence-electron chi connectivity index (χ2n) is 12.2. The first-order chi connectivity index (χ1) is 23.2. The molecule has 0 radical (unpaired) electrons. The van der Waals surface area contributed by atoms with Gasteiger partial charge in [-0.3, -0.25) is 13.9 Å². The van der Waals surface area contributed by atoms with Gasteiger partial charge in [-0.25, -0.2) is 8.42 Å². The number of ether oxygens (including phenoxy) is 1. The Labute approximate surface area is 288 Å². The molecule has 1 N–H and O–H groups in total. The summed E-state index contributed by atoms with van der Waals surface area (Å²) in [4.78, 5) is 30.5. The van der Waals surface area contributed by atoms with Crippen molar-refractivity contribution in [2.45, 2.75) is 69.0 Å². The smallest absolute Gasteiger partial charge is 0.264 e. The third kappa shape index (κ3) is 8.76. The maximum Gasteiger partial charge on any atom is 0.264 e. The van der Waals surface area contributed by atoms with E-state index in [1.807, 2.05) is 43.3 Å². The molecule has 0 heterocycles. The summed E-state index contributed by atoms with van der Waals surface area (Å²) in [5, 5.41) is 3.72. The summed E-state index contributed by atoms with van der Waals surface area (Å²) in [7, 11) is -2.80. The van der Waals surface area contributed by atoms with E-state index in [0.29, 0.717) is 16.3 Å². The van der Waals surface area contributed by atoms with Gasteiger partial charge in [0.05, 0.1) is 17.7 Å². The molecule has 252 valence electrons. The maximum absolute atomic E-state index is 14.7. The number of sulfonamides is 1. The van der Waals surface area contributed by atoms with Crippen LogP contribution in [0, 0.1) is 6.92 Å². The number of rotatable bonds is 13. The van der Waals surface area contributed by atoms with Gasteiger partial charge in [0.1, 0.15) is 18.3 Å². The first kappa shape index (κ1) is 35.0. The zero-order valence-electron chi connectivity index (χ0n) is 27.3. The van der Waals surface area contributed by atoms with Crippen molar-refractivity contribution in [2.75, 3.05) is 18.0 Å². The number of nitrogens with zero attached hydrogens (tertiary/aromatic N) is 2. The molecule has 0 bridgehead atoms.